The van der Waals surface area contributed by atoms with Gasteiger partial charge in [0.2, 0.25) is 30.1 Å². The van der Waals surface area contributed by atoms with Gasteiger partial charge in [-0.1, -0.05) is 167 Å². The zero-order chi connectivity index (χ0) is 80.1. The van der Waals surface area contributed by atoms with Gasteiger partial charge in [0.25, 0.3) is 0 Å². The van der Waals surface area contributed by atoms with Crippen molar-refractivity contribution >= 4 is 42.3 Å². The summed E-state index contributed by atoms with van der Waals surface area (Å²) in [7, 11) is -11.0. The number of hydrogen-bond acceptors (Lipinski definition) is 14. The Morgan fingerprint density at radius 3 is 0.906 bits per heavy atom. The van der Waals surface area contributed by atoms with Crippen LogP contribution in [0.25, 0.3) is 0 Å². The fraction of sp³-hybridized carbons (Fsp3) is 0.735. The van der Waals surface area contributed by atoms with Gasteiger partial charge in [-0.05, 0) is 255 Å². The lowest BCUT2D eigenvalue weighted by atomic mass is 9.89. The highest BCUT2D eigenvalue weighted by atomic mass is 32.2. The van der Waals surface area contributed by atoms with E-state index < -0.39 is 47.4 Å². The van der Waals surface area contributed by atoms with Gasteiger partial charge in [0.15, 0.2) is 0 Å². The first-order chi connectivity index (χ1) is 48.9. The molecule has 4 aromatic rings. The van der Waals surface area contributed by atoms with Crippen LogP contribution in [0.15, 0.2) is 51.1 Å². The highest BCUT2D eigenvalue weighted by Gasteiger charge is 2.37. The first-order valence-electron chi connectivity index (χ1n) is 39.9. The van der Waals surface area contributed by atoms with Crippen molar-refractivity contribution in [3.8, 4) is 0 Å². The molecule has 0 aliphatic heterocycles. The summed E-state index contributed by atoms with van der Waals surface area (Å²) in [5.74, 6) is 3.53. The SMILES string of the molecule is CC(C)(C)OC(=O)N[C@@H]1CCC[C@H](N)C1.CC(C)c1cc(C(C)C)c(S(=O)(=O)N[C@H]2CCC[C@@H](N)C2)c(C(C)C)c1.CC(C)c1cc(C(C)C)c(S(=O)(=O)N[C@H]2CCC[C@@H](NC(=O)OC(C)(C)C)C2)c(C(C)C)c1.Cc1nnc(C)n1[C@@H]1CCC[C@H](NS(=O)(=O)c2c(C(C)C)cc(C(C)C)cc2C(C)C)C1. The minimum absolute atomic E-state index is 0.0615. The normalized spacial score (nSPS) is 21.4. The van der Waals surface area contributed by atoms with Crippen molar-refractivity contribution in [3.05, 3.63) is 98.1 Å². The number of rotatable bonds is 21. The predicted octanol–water partition coefficient (Wildman–Crippen LogP) is 18.3. The summed E-state index contributed by atoms with van der Waals surface area (Å²) >= 11 is 0. The number of aryl methyl sites for hydroxylation is 2. The highest BCUT2D eigenvalue weighted by molar-refractivity contribution is 7.90. The van der Waals surface area contributed by atoms with Crippen LogP contribution in [0.3, 0.4) is 0 Å². The summed E-state index contributed by atoms with van der Waals surface area (Å²) in [6.07, 6.45) is 13.4. The molecule has 0 saturated heterocycles. The highest BCUT2D eigenvalue weighted by Crippen LogP contribution is 2.40. The third-order valence-electron chi connectivity index (χ3n) is 20.6. The fourth-order valence-corrected chi connectivity index (χ4v) is 21.0. The fourth-order valence-electron chi connectivity index (χ4n) is 15.0. The van der Waals surface area contributed by atoms with Crippen molar-refractivity contribution in [2.75, 3.05) is 0 Å². The summed E-state index contributed by atoms with van der Waals surface area (Å²) < 4.78 is 104. The Labute approximate surface area is 642 Å². The summed E-state index contributed by atoms with van der Waals surface area (Å²) in [5, 5.41) is 14.2. The molecular weight excluding hydrogens is 1390 g/mol. The van der Waals surface area contributed by atoms with Crippen LogP contribution in [-0.4, -0.2) is 106 Å². The van der Waals surface area contributed by atoms with Crippen molar-refractivity contribution in [2.24, 2.45) is 11.5 Å². The van der Waals surface area contributed by atoms with E-state index in [1.165, 1.54) is 16.7 Å². The van der Waals surface area contributed by atoms with Crippen molar-refractivity contribution in [1.29, 1.82) is 0 Å². The Bertz CT molecular complexity index is 3760. The van der Waals surface area contributed by atoms with E-state index in [4.69, 9.17) is 20.9 Å². The van der Waals surface area contributed by atoms with Crippen molar-refractivity contribution in [2.45, 2.75) is 410 Å². The number of amides is 2. The molecule has 0 spiro atoms. The average Bonchev–Trinajstić information content (AvgIpc) is 0.784. The van der Waals surface area contributed by atoms with Crippen molar-refractivity contribution in [3.63, 3.8) is 0 Å². The topological polar surface area (TPSA) is 298 Å². The molecule has 4 aliphatic carbocycles. The van der Waals surface area contributed by atoms with Gasteiger partial charge in [-0.3, -0.25) is 0 Å². The molecule has 0 radical (unpaired) electrons. The van der Waals surface area contributed by atoms with E-state index in [9.17, 15) is 34.8 Å². The van der Waals surface area contributed by atoms with E-state index in [1.54, 1.807) is 0 Å². The minimum atomic E-state index is -3.73. The molecule has 23 heteroatoms. The van der Waals surface area contributed by atoms with Gasteiger partial charge >= 0.3 is 12.2 Å². The monoisotopic (exact) mass is 1540 g/mol. The third kappa shape index (κ3) is 27.2. The molecule has 4 saturated carbocycles. The number of carbonyl (C=O) groups excluding carboxylic acids is 2. The molecule has 3 aromatic carbocycles. The van der Waals surface area contributed by atoms with Crippen LogP contribution >= 0.6 is 0 Å². The molecule has 8 atom stereocenters. The summed E-state index contributed by atoms with van der Waals surface area (Å²) in [5.41, 5.74) is 19.9. The van der Waals surface area contributed by atoms with Gasteiger partial charge in [-0.25, -0.2) is 49.0 Å². The zero-order valence-corrected chi connectivity index (χ0v) is 72.3. The van der Waals surface area contributed by atoms with E-state index in [0.717, 1.165) is 141 Å². The van der Waals surface area contributed by atoms with Gasteiger partial charge in [0.05, 0.1) is 14.7 Å². The first kappa shape index (κ1) is 91.6. The second-order valence-corrected chi connectivity index (χ2v) is 40.6. The van der Waals surface area contributed by atoms with Gasteiger partial charge in [0, 0.05) is 48.3 Å². The van der Waals surface area contributed by atoms with Crippen LogP contribution in [0.4, 0.5) is 9.59 Å². The number of nitrogens with two attached hydrogens (primary N) is 2. The second-order valence-electron chi connectivity index (χ2n) is 35.6. The number of nitrogens with zero attached hydrogens (tertiary/aromatic N) is 3. The number of ether oxygens (including phenoxy) is 2. The number of sulfonamides is 3. The Balaban J connectivity index is 0.000000262. The molecule has 4 fully saturated rings. The molecular formula is C83H142N10O10S3. The molecule has 602 valence electrons. The Morgan fingerprint density at radius 2 is 0.632 bits per heavy atom. The number of nitrogens with one attached hydrogen (secondary N) is 5. The molecule has 0 unspecified atom stereocenters. The number of aromatic nitrogens is 3. The van der Waals surface area contributed by atoms with Crippen molar-refractivity contribution < 1.29 is 44.3 Å². The molecule has 2 amide bonds. The van der Waals surface area contributed by atoms with E-state index in [1.807, 2.05) is 83.1 Å². The summed E-state index contributed by atoms with van der Waals surface area (Å²) in [6.45, 7) is 52.7. The largest absolute Gasteiger partial charge is 0.444 e. The number of benzene rings is 3. The maximum absolute atomic E-state index is 13.8. The second kappa shape index (κ2) is 39.3. The number of carbonyl (C=O) groups is 2. The average molecular weight is 1540 g/mol. The Morgan fingerprint density at radius 1 is 0.387 bits per heavy atom. The lowest BCUT2D eigenvalue weighted by Gasteiger charge is -2.32. The summed E-state index contributed by atoms with van der Waals surface area (Å²) in [4.78, 5) is 25.1. The number of alkyl carbamates (subject to hydrolysis) is 2. The quantitative estimate of drug-likeness (QED) is 0.0408. The summed E-state index contributed by atoms with van der Waals surface area (Å²) in [6, 6.07) is 12.7. The van der Waals surface area contributed by atoms with Gasteiger partial charge in [-0.15, -0.1) is 10.2 Å². The number of hydrogen-bond donors (Lipinski definition) is 7. The molecule has 1 aromatic heterocycles. The van der Waals surface area contributed by atoms with Crippen LogP contribution in [0, 0.1) is 13.8 Å². The lowest BCUT2D eigenvalue weighted by molar-refractivity contribution is 0.0478. The first-order valence-corrected chi connectivity index (χ1v) is 44.3. The van der Waals surface area contributed by atoms with Gasteiger partial charge in [-0.2, -0.15) is 0 Å². The molecule has 106 heavy (non-hydrogen) atoms. The third-order valence-corrected chi connectivity index (χ3v) is 25.6. The van der Waals surface area contributed by atoms with E-state index in [-0.39, 0.29) is 89.9 Å². The molecule has 20 nitrogen and oxygen atoms in total. The van der Waals surface area contributed by atoms with Crippen LogP contribution in [0.2, 0.25) is 0 Å². The lowest BCUT2D eigenvalue weighted by Crippen LogP contribution is -2.47. The molecule has 0 bridgehead atoms. The van der Waals surface area contributed by atoms with Crippen molar-refractivity contribution in [1.82, 2.24) is 39.6 Å². The van der Waals surface area contributed by atoms with Gasteiger partial charge < -0.3 is 36.1 Å². The molecule has 4 aliphatic rings. The predicted molar refractivity (Wildman–Crippen MR) is 433 cm³/mol. The molecule has 1 heterocycles. The van der Waals surface area contributed by atoms with E-state index in [0.29, 0.717) is 38.9 Å². The van der Waals surface area contributed by atoms with Crippen LogP contribution < -0.4 is 36.3 Å². The van der Waals surface area contributed by atoms with E-state index >= 15 is 0 Å². The Hall–Kier alpha value is -5.01. The smallest absolute Gasteiger partial charge is 0.407 e. The standard InChI is InChI=1S/C26H44N2O4S.C25H40N4O2S.C21H36N2O2S.C11H22N2O2/c1-16(2)19-13-22(17(3)4)24(23(14-19)18(5)6)33(30,31)28-21-12-10-11-20(15-21)27-25(29)32-26(7,8)9;1-15(2)20-12-23(16(3)4)25(24(13-20)17(5)6)32(30,31)28-21-10-9-11-22(14-21)29-18(7)26-27-19(29)8;1-13(2)16-10-19(14(3)4)21(20(11-16)15(5)6)26(24,25)23-18-9-7-8-17(22)12-18;1-11(2,3)15-10(14)13-9-6-4-5-8(12)7-9/h13-14,16-18,20-21,28H,10-12,15H2,1-9H3,(H,27,29);12-13,15-17,21-22,28H,9-11,14H2,1-8H3;10-11,13-15,17-18,23H,7-9,12,22H2,1-6H3;8-9H,4-7,12H2,1-3H3,(H,13,14)/t20-,21+;21-,22+;17-,18+;8-,9+/m1010/s1. The maximum atomic E-state index is 13.8. The van der Waals surface area contributed by atoms with Crippen LogP contribution in [0.5, 0.6) is 0 Å². The zero-order valence-electron chi connectivity index (χ0n) is 69.9. The van der Waals surface area contributed by atoms with E-state index in [2.05, 4.69) is 173 Å². The molecule has 8 rings (SSSR count). The minimum Gasteiger partial charge on any atom is -0.444 e. The molecule has 9 N–H and O–H groups in total. The maximum Gasteiger partial charge on any atom is 0.407 e. The van der Waals surface area contributed by atoms with Crippen LogP contribution in [-0.2, 0) is 39.5 Å². The Kier molecular flexibility index (Phi) is 33.9. The van der Waals surface area contributed by atoms with Crippen LogP contribution in [0.1, 0.15) is 390 Å². The van der Waals surface area contributed by atoms with Gasteiger partial charge in [0.1, 0.15) is 22.9 Å².